The number of benzene rings is 3. The van der Waals surface area contributed by atoms with Crippen molar-refractivity contribution in [3.63, 3.8) is 0 Å². The molecule has 1 amide bonds. The number of ether oxygens (including phenoxy) is 1. The summed E-state index contributed by atoms with van der Waals surface area (Å²) >= 11 is 0. The van der Waals surface area contributed by atoms with Crippen LogP contribution in [0.3, 0.4) is 0 Å². The van der Waals surface area contributed by atoms with Crippen LogP contribution >= 0.6 is 0 Å². The van der Waals surface area contributed by atoms with Crippen molar-refractivity contribution in [1.29, 1.82) is 0 Å². The first kappa shape index (κ1) is 19.3. The molecular formula is C23H21N5O2. The molecule has 0 saturated heterocycles. The van der Waals surface area contributed by atoms with E-state index >= 15 is 0 Å². The Morgan fingerprint density at radius 2 is 1.80 bits per heavy atom. The highest BCUT2D eigenvalue weighted by atomic mass is 16.5. The maximum atomic E-state index is 13.0. The van der Waals surface area contributed by atoms with Crippen LogP contribution in [-0.2, 0) is 11.2 Å². The standard InChI is InChI=1S/C23H21N5O2/c1-17-6-5-9-21(14-17)30-20-12-10-19(11-13-20)25-23(29)22(28-16-24-26-27-28)15-18-7-3-2-4-8-18/h2-14,16,22H,15H2,1H3,(H,25,29)/t22-/m1/s1. The van der Waals surface area contributed by atoms with Gasteiger partial charge in [0.25, 0.3) is 0 Å². The monoisotopic (exact) mass is 399 g/mol. The van der Waals surface area contributed by atoms with Gasteiger partial charge in [-0.25, -0.2) is 4.68 Å². The van der Waals surface area contributed by atoms with Crippen LogP contribution < -0.4 is 10.1 Å². The number of carbonyl (C=O) groups excluding carboxylic acids is 1. The summed E-state index contributed by atoms with van der Waals surface area (Å²) in [4.78, 5) is 13.0. The zero-order chi connectivity index (χ0) is 20.8. The molecule has 0 fully saturated rings. The minimum Gasteiger partial charge on any atom is -0.457 e. The third-order valence-corrected chi connectivity index (χ3v) is 4.61. The lowest BCUT2D eigenvalue weighted by molar-refractivity contribution is -0.119. The molecule has 1 atom stereocenters. The minimum absolute atomic E-state index is 0.196. The van der Waals surface area contributed by atoms with Crippen LogP contribution in [0.2, 0.25) is 0 Å². The number of hydrogen-bond donors (Lipinski definition) is 1. The van der Waals surface area contributed by atoms with Crippen LogP contribution in [0, 0.1) is 6.92 Å². The van der Waals surface area contributed by atoms with Crippen molar-refractivity contribution in [2.24, 2.45) is 0 Å². The summed E-state index contributed by atoms with van der Waals surface area (Å²) in [7, 11) is 0. The predicted molar refractivity (Wildman–Crippen MR) is 113 cm³/mol. The summed E-state index contributed by atoms with van der Waals surface area (Å²) < 4.78 is 7.33. The van der Waals surface area contributed by atoms with Crippen molar-refractivity contribution in [2.45, 2.75) is 19.4 Å². The number of carbonyl (C=O) groups is 1. The van der Waals surface area contributed by atoms with Crippen molar-refractivity contribution in [2.75, 3.05) is 5.32 Å². The number of amides is 1. The third-order valence-electron chi connectivity index (χ3n) is 4.61. The molecule has 1 aromatic heterocycles. The molecule has 1 heterocycles. The summed E-state index contributed by atoms with van der Waals surface area (Å²) in [5.74, 6) is 1.27. The molecule has 7 nitrogen and oxygen atoms in total. The highest BCUT2D eigenvalue weighted by Gasteiger charge is 2.22. The average molecular weight is 399 g/mol. The van der Waals surface area contributed by atoms with E-state index in [1.165, 1.54) is 11.0 Å². The van der Waals surface area contributed by atoms with E-state index in [-0.39, 0.29) is 5.91 Å². The van der Waals surface area contributed by atoms with E-state index in [1.807, 2.05) is 85.8 Å². The van der Waals surface area contributed by atoms with Crippen molar-refractivity contribution in [1.82, 2.24) is 20.2 Å². The zero-order valence-electron chi connectivity index (χ0n) is 16.5. The summed E-state index contributed by atoms with van der Waals surface area (Å²) in [6.07, 6.45) is 1.93. The SMILES string of the molecule is Cc1cccc(Oc2ccc(NC(=O)[C@@H](Cc3ccccc3)n3cnnn3)cc2)c1. The average Bonchev–Trinajstić information content (AvgIpc) is 3.29. The maximum absolute atomic E-state index is 13.0. The smallest absolute Gasteiger partial charge is 0.249 e. The Morgan fingerprint density at radius 3 is 2.50 bits per heavy atom. The Bertz CT molecular complexity index is 1100. The molecule has 7 heteroatoms. The Kier molecular flexibility index (Phi) is 5.80. The number of nitrogens with one attached hydrogen (secondary N) is 1. The molecule has 3 aromatic carbocycles. The zero-order valence-corrected chi connectivity index (χ0v) is 16.5. The van der Waals surface area contributed by atoms with Gasteiger partial charge in [0.05, 0.1) is 0 Å². The third kappa shape index (κ3) is 4.88. The van der Waals surface area contributed by atoms with Gasteiger partial charge in [-0.3, -0.25) is 4.79 Å². The van der Waals surface area contributed by atoms with E-state index in [0.29, 0.717) is 17.9 Å². The Labute approximate surface area is 174 Å². The van der Waals surface area contributed by atoms with E-state index in [2.05, 4.69) is 20.8 Å². The van der Waals surface area contributed by atoms with Crippen molar-refractivity contribution < 1.29 is 9.53 Å². The largest absolute Gasteiger partial charge is 0.457 e. The number of anilines is 1. The van der Waals surface area contributed by atoms with E-state index in [0.717, 1.165) is 16.9 Å². The fourth-order valence-electron chi connectivity index (χ4n) is 3.10. The molecule has 0 spiro atoms. The number of aryl methyl sites for hydroxylation is 1. The Balaban J connectivity index is 1.45. The van der Waals surface area contributed by atoms with Crippen LogP contribution in [-0.4, -0.2) is 26.1 Å². The molecule has 0 aliphatic heterocycles. The van der Waals surface area contributed by atoms with Gasteiger partial charge in [0.2, 0.25) is 5.91 Å². The molecule has 0 radical (unpaired) electrons. The van der Waals surface area contributed by atoms with Gasteiger partial charge in [0.15, 0.2) is 0 Å². The van der Waals surface area contributed by atoms with Crippen molar-refractivity contribution in [3.05, 3.63) is 96.3 Å². The molecule has 4 rings (SSSR count). The van der Waals surface area contributed by atoms with Crippen LogP contribution in [0.5, 0.6) is 11.5 Å². The molecule has 30 heavy (non-hydrogen) atoms. The van der Waals surface area contributed by atoms with Gasteiger partial charge in [-0.2, -0.15) is 0 Å². The number of tetrazole rings is 1. The second-order valence-corrected chi connectivity index (χ2v) is 6.93. The van der Waals surface area contributed by atoms with Gasteiger partial charge in [-0.15, -0.1) is 5.10 Å². The summed E-state index contributed by atoms with van der Waals surface area (Å²) in [6, 6.07) is 24.3. The molecule has 1 N–H and O–H groups in total. The number of nitrogens with zero attached hydrogens (tertiary/aromatic N) is 4. The van der Waals surface area contributed by atoms with Gasteiger partial charge in [-0.1, -0.05) is 42.5 Å². The number of aromatic nitrogens is 4. The lowest BCUT2D eigenvalue weighted by atomic mass is 10.1. The summed E-state index contributed by atoms with van der Waals surface area (Å²) in [5, 5.41) is 14.2. The predicted octanol–water partition coefficient (Wildman–Crippen LogP) is 4.20. The van der Waals surface area contributed by atoms with Crippen molar-refractivity contribution in [3.8, 4) is 11.5 Å². The first-order valence-corrected chi connectivity index (χ1v) is 9.59. The van der Waals surface area contributed by atoms with Gasteiger partial charge in [0, 0.05) is 12.1 Å². The van der Waals surface area contributed by atoms with Gasteiger partial charge in [-0.05, 0) is 64.9 Å². The number of rotatable bonds is 7. The first-order valence-electron chi connectivity index (χ1n) is 9.59. The fraction of sp³-hybridized carbons (Fsp3) is 0.130. The molecular weight excluding hydrogens is 378 g/mol. The van der Waals surface area contributed by atoms with Crippen molar-refractivity contribution >= 4 is 11.6 Å². The van der Waals surface area contributed by atoms with E-state index in [9.17, 15) is 4.79 Å². The Hall–Kier alpha value is -4.00. The molecule has 0 saturated carbocycles. The van der Waals surface area contributed by atoms with Gasteiger partial charge in [0.1, 0.15) is 23.9 Å². The van der Waals surface area contributed by atoms with Crippen LogP contribution in [0.25, 0.3) is 0 Å². The lowest BCUT2D eigenvalue weighted by Crippen LogP contribution is -2.28. The van der Waals surface area contributed by atoms with Crippen LogP contribution in [0.1, 0.15) is 17.2 Å². The van der Waals surface area contributed by atoms with Crippen LogP contribution in [0.4, 0.5) is 5.69 Å². The summed E-state index contributed by atoms with van der Waals surface area (Å²) in [5.41, 5.74) is 2.82. The Morgan fingerprint density at radius 1 is 1.00 bits per heavy atom. The fourth-order valence-corrected chi connectivity index (χ4v) is 3.10. The molecule has 0 aliphatic carbocycles. The molecule has 0 bridgehead atoms. The van der Waals surface area contributed by atoms with E-state index < -0.39 is 6.04 Å². The highest BCUT2D eigenvalue weighted by molar-refractivity contribution is 5.93. The second kappa shape index (κ2) is 9.00. The van der Waals surface area contributed by atoms with Gasteiger partial charge >= 0.3 is 0 Å². The van der Waals surface area contributed by atoms with E-state index in [4.69, 9.17) is 4.74 Å². The molecule has 0 aliphatic rings. The van der Waals surface area contributed by atoms with Crippen LogP contribution in [0.15, 0.2) is 85.2 Å². The maximum Gasteiger partial charge on any atom is 0.249 e. The molecule has 4 aromatic rings. The lowest BCUT2D eigenvalue weighted by Gasteiger charge is -2.16. The molecule has 150 valence electrons. The van der Waals surface area contributed by atoms with E-state index in [1.54, 1.807) is 0 Å². The summed E-state index contributed by atoms with van der Waals surface area (Å²) in [6.45, 7) is 2.02. The highest BCUT2D eigenvalue weighted by Crippen LogP contribution is 2.24. The minimum atomic E-state index is -0.564. The second-order valence-electron chi connectivity index (χ2n) is 6.93. The normalized spacial score (nSPS) is 11.6. The number of hydrogen-bond acceptors (Lipinski definition) is 5. The van der Waals surface area contributed by atoms with Gasteiger partial charge < -0.3 is 10.1 Å². The topological polar surface area (TPSA) is 81.9 Å². The molecule has 0 unspecified atom stereocenters. The first-order chi connectivity index (χ1) is 14.7. The quantitative estimate of drug-likeness (QED) is 0.504.